The molecule has 5 rings (SSSR count). The number of aromatic nitrogens is 3. The van der Waals surface area contributed by atoms with E-state index < -0.39 is 0 Å². The number of carbonyl (C=O) groups excluding carboxylic acids is 1. The number of pyridine rings is 1. The van der Waals surface area contributed by atoms with E-state index in [2.05, 4.69) is 14.9 Å². The van der Waals surface area contributed by atoms with Gasteiger partial charge in [-0.2, -0.15) is 0 Å². The topological polar surface area (TPSA) is 82.2 Å². The van der Waals surface area contributed by atoms with Gasteiger partial charge in [-0.3, -0.25) is 19.5 Å². The Labute approximate surface area is 191 Å². The van der Waals surface area contributed by atoms with Crippen molar-refractivity contribution in [2.45, 2.75) is 44.8 Å². The van der Waals surface area contributed by atoms with Crippen molar-refractivity contribution in [2.24, 2.45) is 0 Å². The Kier molecular flexibility index (Phi) is 6.00. The highest BCUT2D eigenvalue weighted by atomic mass is 19.1. The van der Waals surface area contributed by atoms with Crippen molar-refractivity contribution in [2.75, 3.05) is 13.1 Å². The molecule has 2 aliphatic rings. The lowest BCUT2D eigenvalue weighted by Crippen LogP contribution is -2.38. The molecule has 0 saturated carbocycles. The maximum Gasteiger partial charge on any atom is 0.255 e. The molecule has 7 nitrogen and oxygen atoms in total. The first-order valence-corrected chi connectivity index (χ1v) is 11.3. The molecular formula is C25H26FN5O2. The third-order valence-electron chi connectivity index (χ3n) is 6.43. The molecular weight excluding hydrogens is 421 g/mol. The minimum atomic E-state index is -0.350. The van der Waals surface area contributed by atoms with Crippen molar-refractivity contribution in [3.05, 3.63) is 93.2 Å². The molecule has 170 valence electrons. The van der Waals surface area contributed by atoms with Crippen LogP contribution in [0.1, 0.15) is 47.1 Å². The first-order chi connectivity index (χ1) is 16.1. The van der Waals surface area contributed by atoms with Crippen LogP contribution in [0.2, 0.25) is 0 Å². The van der Waals surface area contributed by atoms with Gasteiger partial charge >= 0.3 is 0 Å². The lowest BCUT2D eigenvalue weighted by Gasteiger charge is -2.29. The van der Waals surface area contributed by atoms with Crippen LogP contribution in [0.15, 0.2) is 53.6 Å². The summed E-state index contributed by atoms with van der Waals surface area (Å²) < 4.78 is 13.5. The number of aromatic amines is 1. The summed E-state index contributed by atoms with van der Waals surface area (Å²) in [5.41, 5.74) is 3.15. The molecule has 0 bridgehead atoms. The first kappa shape index (κ1) is 21.5. The zero-order valence-electron chi connectivity index (χ0n) is 18.3. The van der Waals surface area contributed by atoms with Crippen molar-refractivity contribution < 1.29 is 9.18 Å². The standard InChI is InChI=1S/C25H26FN5O2/c26-19-6-1-4-17(12-19)13-23(32)31-10-3-7-22(31)24-28-21-8-11-30(16-20(21)25(33)29-24)15-18-5-2-9-27-14-18/h1-2,4-6,9,12,14,22H,3,7-8,10-11,13,15-16H2,(H,28,29,33). The highest BCUT2D eigenvalue weighted by molar-refractivity contribution is 5.79. The fourth-order valence-electron chi connectivity index (χ4n) is 4.82. The number of benzene rings is 1. The number of nitrogens with one attached hydrogen (secondary N) is 1. The predicted molar refractivity (Wildman–Crippen MR) is 121 cm³/mol. The van der Waals surface area contributed by atoms with Gasteiger partial charge in [0.05, 0.1) is 23.7 Å². The first-order valence-electron chi connectivity index (χ1n) is 11.3. The third kappa shape index (κ3) is 4.71. The molecule has 0 radical (unpaired) electrons. The molecule has 1 N–H and O–H groups in total. The van der Waals surface area contributed by atoms with Crippen LogP contribution in [0.3, 0.4) is 0 Å². The highest BCUT2D eigenvalue weighted by Crippen LogP contribution is 2.31. The maximum absolute atomic E-state index is 13.5. The van der Waals surface area contributed by atoms with Gasteiger partial charge in [-0.1, -0.05) is 18.2 Å². The largest absolute Gasteiger partial charge is 0.332 e. The molecule has 1 amide bonds. The van der Waals surface area contributed by atoms with E-state index in [-0.39, 0.29) is 29.7 Å². The molecule has 1 fully saturated rings. The van der Waals surface area contributed by atoms with Crippen molar-refractivity contribution in [1.29, 1.82) is 0 Å². The number of rotatable bonds is 5. The van der Waals surface area contributed by atoms with Gasteiger partial charge in [0.2, 0.25) is 5.91 Å². The lowest BCUT2D eigenvalue weighted by molar-refractivity contribution is -0.131. The van der Waals surface area contributed by atoms with Gasteiger partial charge < -0.3 is 9.88 Å². The van der Waals surface area contributed by atoms with Gasteiger partial charge in [0, 0.05) is 45.0 Å². The summed E-state index contributed by atoms with van der Waals surface area (Å²) in [6.07, 6.45) is 6.02. The minimum Gasteiger partial charge on any atom is -0.332 e. The highest BCUT2D eigenvalue weighted by Gasteiger charge is 2.33. The molecule has 1 saturated heterocycles. The van der Waals surface area contributed by atoms with Crippen LogP contribution in [0.25, 0.3) is 0 Å². The van der Waals surface area contributed by atoms with Gasteiger partial charge in [0.1, 0.15) is 11.6 Å². The molecule has 2 aliphatic heterocycles. The normalized spacial score (nSPS) is 18.3. The second-order valence-electron chi connectivity index (χ2n) is 8.75. The summed E-state index contributed by atoms with van der Waals surface area (Å²) in [7, 11) is 0. The second kappa shape index (κ2) is 9.23. The Morgan fingerprint density at radius 2 is 2.06 bits per heavy atom. The number of halogens is 1. The Balaban J connectivity index is 1.32. The molecule has 1 aromatic carbocycles. The molecule has 1 atom stereocenters. The third-order valence-corrected chi connectivity index (χ3v) is 6.43. The van der Waals surface area contributed by atoms with Crippen LogP contribution in [0, 0.1) is 5.82 Å². The van der Waals surface area contributed by atoms with Crippen molar-refractivity contribution in [3.63, 3.8) is 0 Å². The van der Waals surface area contributed by atoms with E-state index in [9.17, 15) is 14.0 Å². The van der Waals surface area contributed by atoms with Crippen LogP contribution in [0.4, 0.5) is 4.39 Å². The summed E-state index contributed by atoms with van der Waals surface area (Å²) in [6, 6.07) is 9.81. The zero-order valence-corrected chi connectivity index (χ0v) is 18.3. The summed E-state index contributed by atoms with van der Waals surface area (Å²) in [6.45, 7) is 2.70. The number of likely N-dealkylation sites (tertiary alicyclic amines) is 1. The monoisotopic (exact) mass is 447 g/mol. The molecule has 8 heteroatoms. The van der Waals surface area contributed by atoms with Gasteiger partial charge in [0.25, 0.3) is 5.56 Å². The number of nitrogens with zero attached hydrogens (tertiary/aromatic N) is 4. The zero-order chi connectivity index (χ0) is 22.8. The fraction of sp³-hybridized carbons (Fsp3) is 0.360. The van der Waals surface area contributed by atoms with Crippen LogP contribution in [-0.4, -0.2) is 43.7 Å². The van der Waals surface area contributed by atoms with Gasteiger partial charge in [-0.05, 0) is 42.2 Å². The minimum absolute atomic E-state index is 0.0777. The Bertz CT molecular complexity index is 1210. The fourth-order valence-corrected chi connectivity index (χ4v) is 4.82. The van der Waals surface area contributed by atoms with Gasteiger partial charge in [-0.25, -0.2) is 9.37 Å². The van der Waals surface area contributed by atoms with E-state index in [4.69, 9.17) is 4.98 Å². The van der Waals surface area contributed by atoms with E-state index >= 15 is 0 Å². The average Bonchev–Trinajstić information content (AvgIpc) is 3.30. The molecule has 0 spiro atoms. The summed E-state index contributed by atoms with van der Waals surface area (Å²) in [5.74, 6) is 0.132. The number of fused-ring (bicyclic) bond motifs is 1. The lowest BCUT2D eigenvalue weighted by atomic mass is 10.1. The maximum atomic E-state index is 13.5. The van der Waals surface area contributed by atoms with E-state index in [1.807, 2.05) is 18.3 Å². The molecule has 33 heavy (non-hydrogen) atoms. The SMILES string of the molecule is O=C(Cc1cccc(F)c1)N1CCCC1c1nc2c(c(=O)[nH]1)CN(Cc1cccnc1)CC2. The van der Waals surface area contributed by atoms with Crippen LogP contribution in [-0.2, 0) is 30.7 Å². The summed E-state index contributed by atoms with van der Waals surface area (Å²) in [5, 5.41) is 0. The Morgan fingerprint density at radius 3 is 2.88 bits per heavy atom. The van der Waals surface area contributed by atoms with Crippen LogP contribution < -0.4 is 5.56 Å². The number of H-pyrrole nitrogens is 1. The van der Waals surface area contributed by atoms with Crippen molar-refractivity contribution in [3.8, 4) is 0 Å². The molecule has 0 aliphatic carbocycles. The quantitative estimate of drug-likeness (QED) is 0.651. The van der Waals surface area contributed by atoms with Crippen LogP contribution >= 0.6 is 0 Å². The van der Waals surface area contributed by atoms with E-state index in [1.54, 1.807) is 23.2 Å². The number of hydrogen-bond acceptors (Lipinski definition) is 5. The van der Waals surface area contributed by atoms with Gasteiger partial charge in [0.15, 0.2) is 0 Å². The van der Waals surface area contributed by atoms with E-state index in [0.717, 1.165) is 37.2 Å². The molecule has 1 unspecified atom stereocenters. The van der Waals surface area contributed by atoms with Gasteiger partial charge in [-0.15, -0.1) is 0 Å². The van der Waals surface area contributed by atoms with Crippen molar-refractivity contribution >= 4 is 5.91 Å². The number of amides is 1. The van der Waals surface area contributed by atoms with E-state index in [0.29, 0.717) is 36.5 Å². The number of carbonyl (C=O) groups is 1. The van der Waals surface area contributed by atoms with Crippen molar-refractivity contribution in [1.82, 2.24) is 24.8 Å². The molecule has 3 aromatic rings. The second-order valence-corrected chi connectivity index (χ2v) is 8.75. The summed E-state index contributed by atoms with van der Waals surface area (Å²) in [4.78, 5) is 41.9. The molecule has 4 heterocycles. The smallest absolute Gasteiger partial charge is 0.255 e. The predicted octanol–water partition coefficient (Wildman–Crippen LogP) is 2.77. The molecule has 2 aromatic heterocycles. The Morgan fingerprint density at radius 1 is 1.18 bits per heavy atom. The Hall–Kier alpha value is -3.39. The average molecular weight is 448 g/mol. The number of hydrogen-bond donors (Lipinski definition) is 1. The van der Waals surface area contributed by atoms with Crippen LogP contribution in [0.5, 0.6) is 0 Å². The summed E-state index contributed by atoms with van der Waals surface area (Å²) >= 11 is 0. The van der Waals surface area contributed by atoms with E-state index in [1.165, 1.54) is 12.1 Å².